The lowest BCUT2D eigenvalue weighted by atomic mass is 10.1. The van der Waals surface area contributed by atoms with Gasteiger partial charge in [-0.15, -0.1) is 0 Å². The zero-order valence-corrected chi connectivity index (χ0v) is 9.75. The highest BCUT2D eigenvalue weighted by Crippen LogP contribution is 2.22. The highest BCUT2D eigenvalue weighted by molar-refractivity contribution is 6.31. The fourth-order valence-electron chi connectivity index (χ4n) is 1.54. The molecule has 2 nitrogen and oxygen atoms in total. The number of rotatable bonds is 4. The molecule has 15 heavy (non-hydrogen) atoms. The first-order chi connectivity index (χ1) is 7.15. The van der Waals surface area contributed by atoms with Gasteiger partial charge in [0.1, 0.15) is 0 Å². The van der Waals surface area contributed by atoms with E-state index in [2.05, 4.69) is 18.3 Å². The van der Waals surface area contributed by atoms with Crippen molar-refractivity contribution >= 4 is 11.6 Å². The summed E-state index contributed by atoms with van der Waals surface area (Å²) >= 11 is 6.07. The molecule has 0 fully saturated rings. The van der Waals surface area contributed by atoms with E-state index in [1.54, 1.807) is 0 Å². The molecule has 1 aromatic carbocycles. The molecular formula is C12H15ClN2. The molecule has 0 aliphatic heterocycles. The summed E-state index contributed by atoms with van der Waals surface area (Å²) in [6, 6.07) is 10.3. The summed E-state index contributed by atoms with van der Waals surface area (Å²) in [6.45, 7) is 4.05. The summed E-state index contributed by atoms with van der Waals surface area (Å²) in [6.07, 6.45) is 0.509. The first kappa shape index (κ1) is 12.0. The van der Waals surface area contributed by atoms with Crippen molar-refractivity contribution in [3.05, 3.63) is 34.9 Å². The largest absolute Gasteiger partial charge is 0.307 e. The van der Waals surface area contributed by atoms with Crippen LogP contribution in [0.15, 0.2) is 24.3 Å². The molecule has 3 heteroatoms. The molecule has 0 spiro atoms. The zero-order valence-electron chi connectivity index (χ0n) is 9.00. The normalized spacial score (nSPS) is 14.3. The molecule has 1 aromatic rings. The molecule has 0 saturated carbocycles. The molecule has 0 aliphatic rings. The quantitative estimate of drug-likeness (QED) is 0.849. The van der Waals surface area contributed by atoms with Crippen LogP contribution < -0.4 is 5.32 Å². The standard InChI is InChI=1S/C12H15ClN2/c1-9(7-8-14)15-10(2)11-5-3-4-6-12(11)13/h3-6,9-10,15H,7H2,1-2H3/t9?,10-/m0/s1. The molecule has 0 aliphatic carbocycles. The Morgan fingerprint density at radius 3 is 2.67 bits per heavy atom. The number of halogens is 1. The number of hydrogen-bond acceptors (Lipinski definition) is 2. The van der Waals surface area contributed by atoms with Crippen LogP contribution in [-0.4, -0.2) is 6.04 Å². The van der Waals surface area contributed by atoms with Crippen molar-refractivity contribution in [2.75, 3.05) is 0 Å². The van der Waals surface area contributed by atoms with Gasteiger partial charge in [-0.1, -0.05) is 29.8 Å². The van der Waals surface area contributed by atoms with Crippen LogP contribution in [-0.2, 0) is 0 Å². The molecule has 1 unspecified atom stereocenters. The van der Waals surface area contributed by atoms with Crippen LogP contribution in [0, 0.1) is 11.3 Å². The van der Waals surface area contributed by atoms with E-state index in [-0.39, 0.29) is 12.1 Å². The van der Waals surface area contributed by atoms with Crippen LogP contribution >= 0.6 is 11.6 Å². The van der Waals surface area contributed by atoms with Gasteiger partial charge in [-0.25, -0.2) is 0 Å². The average molecular weight is 223 g/mol. The number of nitriles is 1. The van der Waals surface area contributed by atoms with Gasteiger partial charge in [0.2, 0.25) is 0 Å². The minimum Gasteiger partial charge on any atom is -0.307 e. The van der Waals surface area contributed by atoms with E-state index in [4.69, 9.17) is 16.9 Å². The molecule has 2 atom stereocenters. The van der Waals surface area contributed by atoms with E-state index in [0.717, 1.165) is 10.6 Å². The molecular weight excluding hydrogens is 208 g/mol. The molecule has 1 N–H and O–H groups in total. The fourth-order valence-corrected chi connectivity index (χ4v) is 1.84. The first-order valence-electron chi connectivity index (χ1n) is 5.02. The lowest BCUT2D eigenvalue weighted by Gasteiger charge is -2.19. The third-order valence-corrected chi connectivity index (χ3v) is 2.65. The molecule has 0 aromatic heterocycles. The van der Waals surface area contributed by atoms with E-state index in [0.29, 0.717) is 6.42 Å². The van der Waals surface area contributed by atoms with Crippen molar-refractivity contribution in [3.8, 4) is 6.07 Å². The second-order valence-electron chi connectivity index (χ2n) is 3.67. The molecule has 0 amide bonds. The van der Waals surface area contributed by atoms with E-state index >= 15 is 0 Å². The highest BCUT2D eigenvalue weighted by atomic mass is 35.5. The van der Waals surface area contributed by atoms with Crippen LogP contribution in [0.4, 0.5) is 0 Å². The summed E-state index contributed by atoms with van der Waals surface area (Å²) in [5, 5.41) is 12.7. The van der Waals surface area contributed by atoms with Gasteiger partial charge in [0, 0.05) is 17.1 Å². The monoisotopic (exact) mass is 222 g/mol. The maximum atomic E-state index is 8.56. The summed E-state index contributed by atoms with van der Waals surface area (Å²) in [5.41, 5.74) is 1.07. The summed E-state index contributed by atoms with van der Waals surface area (Å²) in [4.78, 5) is 0. The smallest absolute Gasteiger partial charge is 0.0638 e. The second kappa shape index (κ2) is 5.75. The van der Waals surface area contributed by atoms with E-state index in [1.807, 2.05) is 31.2 Å². The van der Waals surface area contributed by atoms with Gasteiger partial charge in [0.25, 0.3) is 0 Å². The Hall–Kier alpha value is -1.04. The van der Waals surface area contributed by atoms with Crippen molar-refractivity contribution in [2.45, 2.75) is 32.4 Å². The maximum Gasteiger partial charge on any atom is 0.0638 e. The van der Waals surface area contributed by atoms with Gasteiger partial charge in [-0.2, -0.15) is 5.26 Å². The van der Waals surface area contributed by atoms with Gasteiger partial charge >= 0.3 is 0 Å². The third kappa shape index (κ3) is 3.54. The SMILES string of the molecule is CC(CC#N)N[C@@H](C)c1ccccc1Cl. The number of benzene rings is 1. The van der Waals surface area contributed by atoms with Gasteiger partial charge in [-0.3, -0.25) is 0 Å². The minimum absolute atomic E-state index is 0.169. The molecule has 0 heterocycles. The summed E-state index contributed by atoms with van der Waals surface area (Å²) in [7, 11) is 0. The van der Waals surface area contributed by atoms with E-state index in [9.17, 15) is 0 Å². The predicted molar refractivity (Wildman–Crippen MR) is 62.7 cm³/mol. The highest BCUT2D eigenvalue weighted by Gasteiger charge is 2.11. The van der Waals surface area contributed by atoms with Crippen LogP contribution in [0.25, 0.3) is 0 Å². The lowest BCUT2D eigenvalue weighted by molar-refractivity contribution is 0.485. The fraction of sp³-hybridized carbons (Fsp3) is 0.417. The van der Waals surface area contributed by atoms with Crippen LogP contribution in [0.5, 0.6) is 0 Å². The molecule has 1 rings (SSSR count). The van der Waals surface area contributed by atoms with Gasteiger partial charge in [-0.05, 0) is 25.5 Å². The Labute approximate surface area is 95.9 Å². The Kier molecular flexibility index (Phi) is 4.61. The molecule has 0 radical (unpaired) electrons. The Morgan fingerprint density at radius 1 is 1.40 bits per heavy atom. The van der Waals surface area contributed by atoms with Gasteiger partial charge in [0.05, 0.1) is 12.5 Å². The van der Waals surface area contributed by atoms with Crippen molar-refractivity contribution in [2.24, 2.45) is 0 Å². The summed E-state index contributed by atoms with van der Waals surface area (Å²) in [5.74, 6) is 0. The Balaban J connectivity index is 2.66. The lowest BCUT2D eigenvalue weighted by Crippen LogP contribution is -2.28. The van der Waals surface area contributed by atoms with E-state index < -0.39 is 0 Å². The van der Waals surface area contributed by atoms with E-state index in [1.165, 1.54) is 0 Å². The Morgan fingerprint density at radius 2 is 2.07 bits per heavy atom. The van der Waals surface area contributed by atoms with Crippen LogP contribution in [0.2, 0.25) is 5.02 Å². The Bertz CT molecular complexity index is 357. The molecule has 0 saturated heterocycles. The van der Waals surface area contributed by atoms with Gasteiger partial charge in [0.15, 0.2) is 0 Å². The maximum absolute atomic E-state index is 8.56. The number of hydrogen-bond donors (Lipinski definition) is 1. The van der Waals surface area contributed by atoms with Crippen molar-refractivity contribution < 1.29 is 0 Å². The number of nitrogens with one attached hydrogen (secondary N) is 1. The van der Waals surface area contributed by atoms with Crippen molar-refractivity contribution in [1.29, 1.82) is 5.26 Å². The topological polar surface area (TPSA) is 35.8 Å². The van der Waals surface area contributed by atoms with Crippen molar-refractivity contribution in [3.63, 3.8) is 0 Å². The number of nitrogens with zero attached hydrogens (tertiary/aromatic N) is 1. The van der Waals surface area contributed by atoms with Crippen LogP contribution in [0.1, 0.15) is 31.9 Å². The van der Waals surface area contributed by atoms with Gasteiger partial charge < -0.3 is 5.32 Å². The second-order valence-corrected chi connectivity index (χ2v) is 4.08. The zero-order chi connectivity index (χ0) is 11.3. The third-order valence-electron chi connectivity index (χ3n) is 2.30. The first-order valence-corrected chi connectivity index (χ1v) is 5.40. The summed E-state index contributed by atoms with van der Waals surface area (Å²) < 4.78 is 0. The molecule has 80 valence electrons. The van der Waals surface area contributed by atoms with Crippen LogP contribution in [0.3, 0.4) is 0 Å². The average Bonchev–Trinajstić information content (AvgIpc) is 2.18. The molecule has 0 bridgehead atoms. The predicted octanol–water partition coefficient (Wildman–Crippen LogP) is 3.29. The minimum atomic E-state index is 0.169. The van der Waals surface area contributed by atoms with Crippen molar-refractivity contribution in [1.82, 2.24) is 5.32 Å².